The van der Waals surface area contributed by atoms with Gasteiger partial charge < -0.3 is 5.11 Å². The van der Waals surface area contributed by atoms with E-state index in [1.54, 1.807) is 0 Å². The van der Waals surface area contributed by atoms with E-state index in [1.807, 2.05) is 36.9 Å². The Balaban J connectivity index is 1.78. The fraction of sp³-hybridized carbons (Fsp3) is 0.500. The summed E-state index contributed by atoms with van der Waals surface area (Å²) < 4.78 is 0. The van der Waals surface area contributed by atoms with Gasteiger partial charge in [-0.15, -0.1) is 0 Å². The number of hydrogen-bond donors (Lipinski definition) is 1. The maximum Gasteiger partial charge on any atom is 0.306 e. The van der Waals surface area contributed by atoms with Crippen LogP contribution < -0.4 is 4.90 Å². The van der Waals surface area contributed by atoms with Crippen LogP contribution in [0.3, 0.4) is 0 Å². The number of anilines is 1. The second-order valence-corrected chi connectivity index (χ2v) is 6.73. The number of likely N-dealkylation sites (tertiary alicyclic amines) is 1. The maximum atomic E-state index is 12.8. The van der Waals surface area contributed by atoms with Crippen LogP contribution in [0.25, 0.3) is 0 Å². The summed E-state index contributed by atoms with van der Waals surface area (Å²) in [6, 6.07) is 5.27. The second-order valence-electron chi connectivity index (χ2n) is 6.73. The number of carboxylic acid groups (broad SMARTS) is 1. The van der Waals surface area contributed by atoms with Gasteiger partial charge in [-0.3, -0.25) is 19.3 Å². The van der Waals surface area contributed by atoms with Gasteiger partial charge >= 0.3 is 5.97 Å². The highest BCUT2D eigenvalue weighted by Gasteiger charge is 2.44. The molecule has 2 amide bonds. The van der Waals surface area contributed by atoms with E-state index in [1.165, 1.54) is 4.90 Å². The molecule has 2 aliphatic heterocycles. The Labute approximate surface area is 141 Å². The first kappa shape index (κ1) is 16.6. The summed E-state index contributed by atoms with van der Waals surface area (Å²) in [4.78, 5) is 39.6. The van der Waals surface area contributed by atoms with Gasteiger partial charge in [0, 0.05) is 0 Å². The molecule has 1 aromatic rings. The van der Waals surface area contributed by atoms with Crippen molar-refractivity contribution in [3.05, 3.63) is 29.3 Å². The zero-order chi connectivity index (χ0) is 17.4. The van der Waals surface area contributed by atoms with Gasteiger partial charge in [-0.2, -0.15) is 0 Å². The molecule has 3 rings (SSSR count). The number of carbonyl (C=O) groups excluding carboxylic acids is 2. The molecule has 0 radical (unpaired) electrons. The van der Waals surface area contributed by atoms with Gasteiger partial charge in [0.25, 0.3) is 5.91 Å². The number of carboxylic acids is 1. The van der Waals surface area contributed by atoms with Crippen molar-refractivity contribution >= 4 is 23.5 Å². The van der Waals surface area contributed by atoms with E-state index in [2.05, 4.69) is 0 Å². The third-order valence-electron chi connectivity index (χ3n) is 5.05. The number of nitrogens with zero attached hydrogens (tertiary/aromatic N) is 2. The molecule has 0 saturated carbocycles. The molecule has 0 unspecified atom stereocenters. The fourth-order valence-electron chi connectivity index (χ4n) is 3.57. The zero-order valence-electron chi connectivity index (χ0n) is 14.0. The Kier molecular flexibility index (Phi) is 4.41. The third kappa shape index (κ3) is 2.94. The van der Waals surface area contributed by atoms with Crippen LogP contribution in [0.4, 0.5) is 5.69 Å². The molecule has 2 aliphatic rings. The van der Waals surface area contributed by atoms with Crippen molar-refractivity contribution in [3.8, 4) is 0 Å². The number of aliphatic carboxylic acids is 1. The Bertz CT molecular complexity index is 692. The van der Waals surface area contributed by atoms with Crippen LogP contribution in [0.2, 0.25) is 0 Å². The topological polar surface area (TPSA) is 77.9 Å². The molecule has 0 spiro atoms. The number of imide groups is 1. The van der Waals surface area contributed by atoms with Gasteiger partial charge in [0.05, 0.1) is 24.1 Å². The van der Waals surface area contributed by atoms with Crippen molar-refractivity contribution < 1.29 is 19.5 Å². The molecule has 2 fully saturated rings. The van der Waals surface area contributed by atoms with Gasteiger partial charge in [0.15, 0.2) is 0 Å². The molecule has 1 atom stereocenters. The van der Waals surface area contributed by atoms with E-state index in [4.69, 9.17) is 5.11 Å². The zero-order valence-corrected chi connectivity index (χ0v) is 14.0. The number of carbonyl (C=O) groups is 3. The molecule has 6 heteroatoms. The van der Waals surface area contributed by atoms with Crippen LogP contribution in [0.15, 0.2) is 18.2 Å². The lowest BCUT2D eigenvalue weighted by Gasteiger charge is -2.33. The van der Waals surface area contributed by atoms with E-state index < -0.39 is 12.0 Å². The van der Waals surface area contributed by atoms with Crippen LogP contribution in [-0.4, -0.2) is 46.9 Å². The number of rotatable bonds is 3. The molecular formula is C18H22N2O4. The van der Waals surface area contributed by atoms with E-state index in [0.717, 1.165) is 11.1 Å². The van der Waals surface area contributed by atoms with Crippen LogP contribution in [0.5, 0.6) is 0 Å². The first-order valence-electron chi connectivity index (χ1n) is 8.29. The standard InChI is InChI=1S/C18H22N2O4/c1-11-3-4-12(2)14(9-11)20-16(21)10-15(17(20)22)19-7-5-13(6-8-19)18(23)24/h3-4,9,13,15H,5-8,10H2,1-2H3,(H,23,24)/t15-/m1/s1. The largest absolute Gasteiger partial charge is 0.481 e. The third-order valence-corrected chi connectivity index (χ3v) is 5.05. The average Bonchev–Trinajstić information content (AvgIpc) is 2.84. The molecule has 2 saturated heterocycles. The van der Waals surface area contributed by atoms with Gasteiger partial charge in [-0.1, -0.05) is 12.1 Å². The van der Waals surface area contributed by atoms with E-state index >= 15 is 0 Å². The normalized spacial score (nSPS) is 23.1. The quantitative estimate of drug-likeness (QED) is 0.854. The van der Waals surface area contributed by atoms with E-state index in [0.29, 0.717) is 31.6 Å². The van der Waals surface area contributed by atoms with Crippen LogP contribution in [0.1, 0.15) is 30.4 Å². The summed E-state index contributed by atoms with van der Waals surface area (Å²) in [5.41, 5.74) is 2.56. The number of aryl methyl sites for hydroxylation is 2. The van der Waals surface area contributed by atoms with E-state index in [9.17, 15) is 14.4 Å². The molecular weight excluding hydrogens is 308 g/mol. The maximum absolute atomic E-state index is 12.8. The predicted molar refractivity (Wildman–Crippen MR) is 88.7 cm³/mol. The minimum atomic E-state index is -0.777. The monoisotopic (exact) mass is 330 g/mol. The molecule has 0 aromatic heterocycles. The molecule has 2 heterocycles. The molecule has 0 aliphatic carbocycles. The van der Waals surface area contributed by atoms with Crippen molar-refractivity contribution in [2.75, 3.05) is 18.0 Å². The molecule has 1 N–H and O–H groups in total. The van der Waals surface area contributed by atoms with Crippen molar-refractivity contribution in [2.45, 2.75) is 39.2 Å². The highest BCUT2D eigenvalue weighted by Crippen LogP contribution is 2.31. The summed E-state index contributed by atoms with van der Waals surface area (Å²) in [6.45, 7) is 4.91. The Morgan fingerprint density at radius 3 is 2.46 bits per heavy atom. The summed E-state index contributed by atoms with van der Waals surface area (Å²) in [6.07, 6.45) is 1.22. The minimum Gasteiger partial charge on any atom is -0.481 e. The number of benzene rings is 1. The van der Waals surface area contributed by atoms with Gasteiger partial charge in [-0.25, -0.2) is 4.90 Å². The summed E-state index contributed by atoms with van der Waals surface area (Å²) >= 11 is 0. The summed E-state index contributed by atoms with van der Waals surface area (Å²) in [7, 11) is 0. The Morgan fingerprint density at radius 1 is 1.17 bits per heavy atom. The Hall–Kier alpha value is -2.21. The van der Waals surface area contributed by atoms with E-state index in [-0.39, 0.29) is 24.2 Å². The lowest BCUT2D eigenvalue weighted by atomic mass is 9.95. The SMILES string of the molecule is Cc1ccc(C)c(N2C(=O)C[C@@H](N3CCC(C(=O)O)CC3)C2=O)c1. The van der Waals surface area contributed by atoms with Gasteiger partial charge in [0.1, 0.15) is 0 Å². The second kappa shape index (κ2) is 6.36. The van der Waals surface area contributed by atoms with Crippen molar-refractivity contribution in [1.82, 2.24) is 4.90 Å². The summed E-state index contributed by atoms with van der Waals surface area (Å²) in [5, 5.41) is 9.08. The first-order chi connectivity index (χ1) is 11.4. The van der Waals surface area contributed by atoms with Crippen LogP contribution >= 0.6 is 0 Å². The molecule has 1 aromatic carbocycles. The van der Waals surface area contributed by atoms with Gasteiger partial charge in [-0.05, 0) is 57.0 Å². The first-order valence-corrected chi connectivity index (χ1v) is 8.29. The molecule has 24 heavy (non-hydrogen) atoms. The molecule has 6 nitrogen and oxygen atoms in total. The minimum absolute atomic E-state index is 0.171. The predicted octanol–water partition coefficient (Wildman–Crippen LogP) is 1.73. The number of piperidine rings is 1. The van der Waals surface area contributed by atoms with Gasteiger partial charge in [0.2, 0.25) is 5.91 Å². The van der Waals surface area contributed by atoms with Crippen molar-refractivity contribution in [3.63, 3.8) is 0 Å². The number of amides is 2. The molecule has 0 bridgehead atoms. The fourth-order valence-corrected chi connectivity index (χ4v) is 3.57. The summed E-state index contributed by atoms with van der Waals surface area (Å²) in [5.74, 6) is -1.49. The van der Waals surface area contributed by atoms with Crippen LogP contribution in [-0.2, 0) is 14.4 Å². The smallest absolute Gasteiger partial charge is 0.306 e. The van der Waals surface area contributed by atoms with Crippen molar-refractivity contribution in [2.24, 2.45) is 5.92 Å². The highest BCUT2D eigenvalue weighted by atomic mass is 16.4. The molecule has 128 valence electrons. The Morgan fingerprint density at radius 2 is 1.83 bits per heavy atom. The lowest BCUT2D eigenvalue weighted by molar-refractivity contribution is -0.143. The lowest BCUT2D eigenvalue weighted by Crippen LogP contribution is -2.46. The highest BCUT2D eigenvalue weighted by molar-refractivity contribution is 6.22. The van der Waals surface area contributed by atoms with Crippen LogP contribution in [0, 0.1) is 19.8 Å². The number of hydrogen-bond acceptors (Lipinski definition) is 4. The van der Waals surface area contributed by atoms with Crippen molar-refractivity contribution in [1.29, 1.82) is 0 Å². The average molecular weight is 330 g/mol.